The fourth-order valence-corrected chi connectivity index (χ4v) is 4.62. The van der Waals surface area contributed by atoms with Crippen LogP contribution < -0.4 is 5.32 Å². The van der Waals surface area contributed by atoms with Crippen molar-refractivity contribution in [1.82, 2.24) is 4.31 Å². The Morgan fingerprint density at radius 3 is 2.45 bits per heavy atom. The summed E-state index contributed by atoms with van der Waals surface area (Å²) < 4.78 is 39.0. The fourth-order valence-electron chi connectivity index (χ4n) is 3.50. The molecule has 1 N–H and O–H groups in total. The maximum absolute atomic E-state index is 13.0. The molecule has 0 saturated carbocycles. The summed E-state index contributed by atoms with van der Waals surface area (Å²) >= 11 is 0. The molecule has 148 valence electrons. The summed E-state index contributed by atoms with van der Waals surface area (Å²) in [6.07, 6.45) is 0.800. The lowest BCUT2D eigenvalue weighted by atomic mass is 10.1. The van der Waals surface area contributed by atoms with Crippen LogP contribution in [0.15, 0.2) is 71.6 Å². The van der Waals surface area contributed by atoms with Gasteiger partial charge >= 0.3 is 0 Å². The molecular weight excluding hydrogens is 391 g/mol. The molecule has 0 fully saturated rings. The molecular formula is C22H19FN2O3S. The smallest absolute Gasteiger partial charge is 0.243 e. The van der Waals surface area contributed by atoms with Gasteiger partial charge in [0.2, 0.25) is 15.9 Å². The Balaban J connectivity index is 1.45. The molecule has 0 aliphatic heterocycles. The monoisotopic (exact) mass is 410 g/mol. The first kappa shape index (κ1) is 19.3. The van der Waals surface area contributed by atoms with Gasteiger partial charge in [0.1, 0.15) is 5.82 Å². The van der Waals surface area contributed by atoms with E-state index < -0.39 is 21.7 Å². The zero-order chi connectivity index (χ0) is 20.6. The average molecular weight is 410 g/mol. The van der Waals surface area contributed by atoms with Crippen molar-refractivity contribution >= 4 is 21.6 Å². The second-order valence-corrected chi connectivity index (χ2v) is 9.01. The molecule has 1 amide bonds. The number of anilines is 1. The van der Waals surface area contributed by atoms with E-state index in [1.807, 2.05) is 30.3 Å². The van der Waals surface area contributed by atoms with Gasteiger partial charge in [0.05, 0.1) is 11.4 Å². The van der Waals surface area contributed by atoms with Crippen molar-refractivity contribution in [3.63, 3.8) is 0 Å². The number of carbonyl (C=O) groups is 1. The molecule has 4 rings (SSSR count). The third-order valence-corrected chi connectivity index (χ3v) is 6.78. The van der Waals surface area contributed by atoms with Gasteiger partial charge in [-0.2, -0.15) is 4.31 Å². The number of hydrogen-bond donors (Lipinski definition) is 1. The summed E-state index contributed by atoms with van der Waals surface area (Å²) in [4.78, 5) is 12.3. The number of benzene rings is 3. The van der Waals surface area contributed by atoms with Gasteiger partial charge < -0.3 is 5.32 Å². The van der Waals surface area contributed by atoms with Gasteiger partial charge in [0.25, 0.3) is 0 Å². The lowest BCUT2D eigenvalue weighted by Gasteiger charge is -2.17. The molecule has 3 aromatic carbocycles. The fraction of sp³-hybridized carbons (Fsp3) is 0.136. The average Bonchev–Trinajstić information content (AvgIpc) is 3.06. The number of rotatable bonds is 5. The van der Waals surface area contributed by atoms with Crippen LogP contribution in [0.1, 0.15) is 11.1 Å². The van der Waals surface area contributed by atoms with Crippen LogP contribution in [0.2, 0.25) is 0 Å². The number of sulfonamides is 1. The van der Waals surface area contributed by atoms with Crippen LogP contribution in [0.5, 0.6) is 0 Å². The Morgan fingerprint density at radius 1 is 1.00 bits per heavy atom. The first-order valence-electron chi connectivity index (χ1n) is 9.07. The molecule has 0 aromatic heterocycles. The highest BCUT2D eigenvalue weighted by atomic mass is 32.2. The summed E-state index contributed by atoms with van der Waals surface area (Å²) in [5.74, 6) is -0.975. The molecule has 5 nitrogen and oxygen atoms in total. The van der Waals surface area contributed by atoms with Gasteiger partial charge in [-0.15, -0.1) is 0 Å². The third-order valence-electron chi connectivity index (χ3n) is 4.97. The minimum Gasteiger partial charge on any atom is -0.325 e. The van der Waals surface area contributed by atoms with E-state index in [9.17, 15) is 17.6 Å². The Kier molecular flexibility index (Phi) is 4.94. The highest BCUT2D eigenvalue weighted by molar-refractivity contribution is 7.89. The van der Waals surface area contributed by atoms with Crippen LogP contribution in [0.4, 0.5) is 10.1 Å². The van der Waals surface area contributed by atoms with Crippen molar-refractivity contribution in [2.45, 2.75) is 11.3 Å². The van der Waals surface area contributed by atoms with Gasteiger partial charge in [-0.05, 0) is 65.1 Å². The van der Waals surface area contributed by atoms with E-state index in [0.29, 0.717) is 5.69 Å². The number of halogens is 1. The van der Waals surface area contributed by atoms with Crippen LogP contribution in [0.25, 0.3) is 11.1 Å². The molecule has 0 unspecified atom stereocenters. The first-order valence-corrected chi connectivity index (χ1v) is 10.5. The molecule has 0 spiro atoms. The number of nitrogens with one attached hydrogen (secondary N) is 1. The molecule has 29 heavy (non-hydrogen) atoms. The van der Waals surface area contributed by atoms with Crippen LogP contribution >= 0.6 is 0 Å². The summed E-state index contributed by atoms with van der Waals surface area (Å²) in [5, 5.41) is 2.76. The van der Waals surface area contributed by atoms with E-state index >= 15 is 0 Å². The second-order valence-electron chi connectivity index (χ2n) is 6.97. The van der Waals surface area contributed by atoms with Crippen molar-refractivity contribution in [2.24, 2.45) is 0 Å². The Bertz CT molecular complexity index is 1190. The molecule has 0 atom stereocenters. The second kappa shape index (κ2) is 7.42. The Morgan fingerprint density at radius 2 is 1.69 bits per heavy atom. The number of nitrogens with zero attached hydrogens (tertiary/aromatic N) is 1. The Labute approximate surface area is 168 Å². The molecule has 0 heterocycles. The number of amides is 1. The van der Waals surface area contributed by atoms with Crippen LogP contribution in [0.3, 0.4) is 0 Å². The predicted molar refractivity (Wildman–Crippen MR) is 110 cm³/mol. The molecule has 0 radical (unpaired) electrons. The Hall–Kier alpha value is -3.03. The molecule has 7 heteroatoms. The van der Waals surface area contributed by atoms with E-state index in [2.05, 4.69) is 17.4 Å². The molecule has 1 aliphatic rings. The van der Waals surface area contributed by atoms with E-state index in [1.165, 1.54) is 30.3 Å². The lowest BCUT2D eigenvalue weighted by Crippen LogP contribution is -2.35. The number of carbonyl (C=O) groups excluding carboxylic acids is 1. The SMILES string of the molecule is CN(CC(=O)Nc1ccc2c(c1)Cc1ccccc1-2)S(=O)(=O)c1ccc(F)cc1. The summed E-state index contributed by atoms with van der Waals surface area (Å²) in [6.45, 7) is -0.350. The van der Waals surface area contributed by atoms with Gasteiger partial charge in [0, 0.05) is 12.7 Å². The van der Waals surface area contributed by atoms with E-state index in [-0.39, 0.29) is 11.4 Å². The highest BCUT2D eigenvalue weighted by Crippen LogP contribution is 2.37. The highest BCUT2D eigenvalue weighted by Gasteiger charge is 2.23. The van der Waals surface area contributed by atoms with Crippen LogP contribution in [-0.4, -0.2) is 32.2 Å². The van der Waals surface area contributed by atoms with Crippen molar-refractivity contribution < 1.29 is 17.6 Å². The first-order chi connectivity index (χ1) is 13.8. The normalized spacial score (nSPS) is 12.5. The predicted octanol–water partition coefficient (Wildman–Crippen LogP) is 3.66. The van der Waals surface area contributed by atoms with Gasteiger partial charge in [-0.25, -0.2) is 12.8 Å². The minimum absolute atomic E-state index is 0.0653. The maximum Gasteiger partial charge on any atom is 0.243 e. The van der Waals surface area contributed by atoms with E-state index in [1.54, 1.807) is 0 Å². The molecule has 0 bridgehead atoms. The van der Waals surface area contributed by atoms with Gasteiger partial charge in [-0.1, -0.05) is 30.3 Å². The quantitative estimate of drug-likeness (QED) is 0.546. The standard InChI is InChI=1S/C22H19FN2O3S/c1-25(29(27,28)19-9-6-17(23)7-10-19)14-22(26)24-18-8-11-21-16(13-18)12-15-4-2-3-5-20(15)21/h2-11,13H,12,14H2,1H3,(H,24,26). The maximum atomic E-state index is 13.0. The molecule has 3 aromatic rings. The number of likely N-dealkylation sites (N-methyl/N-ethyl adjacent to an activating group) is 1. The van der Waals surface area contributed by atoms with E-state index in [4.69, 9.17) is 0 Å². The van der Waals surface area contributed by atoms with Crippen LogP contribution in [0, 0.1) is 5.82 Å². The topological polar surface area (TPSA) is 66.5 Å². The van der Waals surface area contributed by atoms with Gasteiger partial charge in [-0.3, -0.25) is 4.79 Å². The van der Waals surface area contributed by atoms with Gasteiger partial charge in [0.15, 0.2) is 0 Å². The molecule has 0 saturated heterocycles. The van der Waals surface area contributed by atoms with Crippen molar-refractivity contribution in [3.05, 3.63) is 83.7 Å². The zero-order valence-electron chi connectivity index (χ0n) is 15.7. The summed E-state index contributed by atoms with van der Waals surface area (Å²) in [5.41, 5.74) is 5.33. The largest absolute Gasteiger partial charge is 0.325 e. The zero-order valence-corrected chi connectivity index (χ0v) is 16.5. The summed E-state index contributed by atoms with van der Waals surface area (Å²) in [7, 11) is -2.57. The van der Waals surface area contributed by atoms with Crippen LogP contribution in [-0.2, 0) is 21.2 Å². The van der Waals surface area contributed by atoms with Crippen molar-refractivity contribution in [1.29, 1.82) is 0 Å². The number of hydrogen-bond acceptors (Lipinski definition) is 3. The summed E-state index contributed by atoms with van der Waals surface area (Å²) in [6, 6.07) is 18.4. The third kappa shape index (κ3) is 3.79. The van der Waals surface area contributed by atoms with Crippen molar-refractivity contribution in [3.8, 4) is 11.1 Å². The lowest BCUT2D eigenvalue weighted by molar-refractivity contribution is -0.116. The van der Waals surface area contributed by atoms with E-state index in [0.717, 1.165) is 34.0 Å². The molecule has 1 aliphatic carbocycles. The van der Waals surface area contributed by atoms with Crippen molar-refractivity contribution in [2.75, 3.05) is 18.9 Å². The minimum atomic E-state index is -3.88. The number of fused-ring (bicyclic) bond motifs is 3.